The van der Waals surface area contributed by atoms with Gasteiger partial charge in [-0.2, -0.15) is 0 Å². The Morgan fingerprint density at radius 1 is 0.374 bits per heavy atom. The number of nitrogens with one attached hydrogen (secondary N) is 8. The van der Waals surface area contributed by atoms with E-state index in [9.17, 15) is 96.8 Å². The van der Waals surface area contributed by atoms with Crippen molar-refractivity contribution in [2.75, 3.05) is 158 Å². The number of Topliss-reactive ketones (excluding diaryl/α,β-unsaturated/α-hetero) is 6. The number of H-pyrrole nitrogens is 1. The largest absolute Gasteiger partial charge is 0.494 e. The van der Waals surface area contributed by atoms with E-state index in [0.717, 1.165) is 77.0 Å². The van der Waals surface area contributed by atoms with Gasteiger partial charge >= 0.3 is 29.8 Å². The number of carbonyl (C=O) groups is 17. The van der Waals surface area contributed by atoms with E-state index in [2.05, 4.69) is 47.2 Å². The maximum Gasteiger partial charge on any atom is 0.335 e. The summed E-state index contributed by atoms with van der Waals surface area (Å²) in [6, 6.07) is 9.31. The van der Waals surface area contributed by atoms with Crippen molar-refractivity contribution in [1.82, 2.24) is 47.2 Å². The van der Waals surface area contributed by atoms with Crippen molar-refractivity contribution in [1.29, 1.82) is 0 Å². The van der Waals surface area contributed by atoms with Gasteiger partial charge in [-0.15, -0.1) is 0 Å². The molecule has 42 nitrogen and oxygen atoms in total. The minimum Gasteiger partial charge on any atom is -0.494 e. The SMILES string of the molecule is CC[C@H](C(=O)N[C@H](C(=O)O[C@@H](Cc1cnc[nH]1)C(=O)CC[C@@H](CCCCNC(=O)COCCOCCNC(=O)COCCOCCCC(=O)CC[C@H](NC(=O)CCCCCCCCCOc1ccc(C(=O)O)cc1)C(=O)O)C(=O)CN[C@@H](CCCCNC(=O)COCCOCCCC(=O)COCCOCCNC(=O)CC[C@H](CC(=O)CCCCCCCCCOc1ccc(C(=O)O)cc1)C(=O)O)C(=O)CO)C(C)C)C(C)C. The first-order valence-electron chi connectivity index (χ1n) is 52.1. The molecule has 828 valence electrons. The van der Waals surface area contributed by atoms with Gasteiger partial charge in [0.2, 0.25) is 35.4 Å². The number of carbonyl (C=O) groups excluding carboxylic acids is 13. The monoisotopic (exact) mass is 2080 g/mol. The van der Waals surface area contributed by atoms with Gasteiger partial charge in [0.25, 0.3) is 0 Å². The fourth-order valence-corrected chi connectivity index (χ4v) is 15.4. The maximum absolute atomic E-state index is 14.3. The number of carboxylic acids is 4. The van der Waals surface area contributed by atoms with Gasteiger partial charge in [0.1, 0.15) is 74.0 Å². The molecule has 1 heterocycles. The first-order chi connectivity index (χ1) is 70.8. The lowest BCUT2D eigenvalue weighted by molar-refractivity contribution is -0.159. The van der Waals surface area contributed by atoms with Gasteiger partial charge in [0.15, 0.2) is 23.5 Å². The average Bonchev–Trinajstić information content (AvgIpc) is 1.57. The Balaban J connectivity index is 1.29. The van der Waals surface area contributed by atoms with Crippen molar-refractivity contribution < 1.29 is 159 Å². The summed E-state index contributed by atoms with van der Waals surface area (Å²) in [5.41, 5.74) is 0.884. The predicted octanol–water partition coefficient (Wildman–Crippen LogP) is 8.96. The van der Waals surface area contributed by atoms with Crippen LogP contribution in [0.1, 0.15) is 279 Å². The Kier molecular flexibility index (Phi) is 73.5. The molecule has 1 aromatic heterocycles. The molecule has 0 radical (unpaired) electrons. The summed E-state index contributed by atoms with van der Waals surface area (Å²) in [7, 11) is 0. The fourth-order valence-electron chi connectivity index (χ4n) is 15.4. The quantitative estimate of drug-likeness (QED) is 0.0185. The third-order valence-corrected chi connectivity index (χ3v) is 24.0. The van der Waals surface area contributed by atoms with Crippen LogP contribution < -0.4 is 46.7 Å². The highest BCUT2D eigenvalue weighted by Gasteiger charge is 2.35. The Morgan fingerprint density at radius 3 is 1.32 bits per heavy atom. The van der Waals surface area contributed by atoms with Crippen LogP contribution in [-0.2, 0) is 121 Å². The number of ether oxygens (including phenoxy) is 11. The first kappa shape index (κ1) is 130. The van der Waals surface area contributed by atoms with Crippen molar-refractivity contribution in [2.45, 2.75) is 284 Å². The standard InChI is InChI=1S/C105H165N9O33/c1-6-87(75(2)3)100(127)114-99(76(4)5)105(136)147-93(66-81-67-106-74-112-81)90(119)45-37-77(27-19-21-47-107-96(124)72-144-64-60-140-56-50-110-98(126)73-143-63-57-137-51-25-29-82(116)39-44-89(104(134)135)113-95(123)32-18-14-10-8-12-16-24-54-146-86-42-35-79(36-43-86)102(130)131)91(120)68-111-88(92(121)69-115)31-20-22-48-108-97(125)71-142-62-58-138-52-26-30-84(118)70-141-61-59-139-55-49-109-94(122)46-38-80(103(132)133)65-83(117)28-17-13-9-7-11-15-23-53-145-85-40-33-78(34-41-85)101(128)129/h33-36,40-43,67,74-77,80,87-89,93,99,111,115H,6-32,37-39,44-66,68-73H2,1-5H3,(H,106,112)(H,107,124)(H,108,125)(H,109,122)(H,110,126)(H,113,123)(H,114,127)(H,128,129)(H,130,131)(H,132,133)(H,134,135)/t77-,80-,87+,88+,89+,93+,99+/m1/s1. The van der Waals surface area contributed by atoms with E-state index in [1.165, 1.54) is 36.8 Å². The lowest BCUT2D eigenvalue weighted by Gasteiger charge is -2.27. The number of aromatic amines is 1. The molecule has 0 fully saturated rings. The number of nitrogens with zero attached hydrogens (tertiary/aromatic N) is 1. The van der Waals surface area contributed by atoms with E-state index < -0.39 is 108 Å². The molecule has 147 heavy (non-hydrogen) atoms. The summed E-state index contributed by atoms with van der Waals surface area (Å²) in [6.45, 7) is 10.7. The molecule has 0 spiro atoms. The molecule has 2 aromatic carbocycles. The van der Waals surface area contributed by atoms with Crippen LogP contribution in [0, 0.1) is 29.6 Å². The molecule has 6 amide bonds. The predicted molar refractivity (Wildman–Crippen MR) is 539 cm³/mol. The van der Waals surface area contributed by atoms with Crippen LogP contribution in [0.5, 0.6) is 11.5 Å². The zero-order valence-electron chi connectivity index (χ0n) is 86.8. The van der Waals surface area contributed by atoms with Crippen molar-refractivity contribution in [2.24, 2.45) is 29.6 Å². The van der Waals surface area contributed by atoms with Gasteiger partial charge in [-0.1, -0.05) is 105 Å². The Labute approximate surface area is 863 Å². The van der Waals surface area contributed by atoms with Crippen LogP contribution in [0.25, 0.3) is 0 Å². The van der Waals surface area contributed by atoms with E-state index in [-0.39, 0.29) is 292 Å². The Hall–Kier alpha value is -11.0. The minimum absolute atomic E-state index is 0.00863. The highest BCUT2D eigenvalue weighted by molar-refractivity contribution is 5.92. The molecule has 42 heteroatoms. The number of hydrogen-bond acceptors (Lipinski definition) is 31. The third kappa shape index (κ3) is 66.2. The fraction of sp³-hybridized carbons (Fsp3) is 0.695. The number of esters is 1. The minimum atomic E-state index is -1.33. The van der Waals surface area contributed by atoms with Crippen LogP contribution in [0.3, 0.4) is 0 Å². The molecule has 13 N–H and O–H groups in total. The van der Waals surface area contributed by atoms with Gasteiger partial charge < -0.3 is 120 Å². The van der Waals surface area contributed by atoms with Crippen LogP contribution in [0.15, 0.2) is 61.1 Å². The van der Waals surface area contributed by atoms with Crippen molar-refractivity contribution >= 4 is 100.0 Å². The summed E-state index contributed by atoms with van der Waals surface area (Å²) in [6.07, 6.45) is 17.7. The molecule has 0 unspecified atom stereocenters. The Morgan fingerprint density at radius 2 is 0.837 bits per heavy atom. The molecular formula is C105H165N9O33. The van der Waals surface area contributed by atoms with Crippen LogP contribution in [0.4, 0.5) is 0 Å². The molecule has 0 saturated carbocycles. The van der Waals surface area contributed by atoms with Crippen LogP contribution in [0.2, 0.25) is 0 Å². The number of imidazole rings is 1. The molecule has 7 atom stereocenters. The van der Waals surface area contributed by atoms with Gasteiger partial charge in [-0.3, -0.25) is 62.3 Å². The number of ketones is 6. The van der Waals surface area contributed by atoms with Crippen molar-refractivity contribution in [3.63, 3.8) is 0 Å². The lowest BCUT2D eigenvalue weighted by Crippen LogP contribution is -2.49. The molecule has 0 saturated heterocycles. The van der Waals surface area contributed by atoms with Crippen molar-refractivity contribution in [3.05, 3.63) is 77.9 Å². The van der Waals surface area contributed by atoms with Crippen LogP contribution in [-0.4, -0.2) is 318 Å². The first-order valence-corrected chi connectivity index (χ1v) is 52.1. The smallest absolute Gasteiger partial charge is 0.335 e. The average molecular weight is 2080 g/mol. The number of hydrogen-bond donors (Lipinski definition) is 13. The zero-order valence-corrected chi connectivity index (χ0v) is 86.8. The summed E-state index contributed by atoms with van der Waals surface area (Å²) < 4.78 is 61.0. The maximum atomic E-state index is 14.3. The number of aliphatic carboxylic acids is 2. The van der Waals surface area contributed by atoms with Gasteiger partial charge in [0, 0.05) is 121 Å². The third-order valence-electron chi connectivity index (χ3n) is 24.0. The molecular weight excluding hydrogens is 1920 g/mol. The number of aromatic carboxylic acids is 2. The number of aromatic nitrogens is 2. The highest BCUT2D eigenvalue weighted by Crippen LogP contribution is 2.24. The van der Waals surface area contributed by atoms with Gasteiger partial charge in [-0.25, -0.2) is 24.2 Å². The lowest BCUT2D eigenvalue weighted by atomic mass is 9.90. The molecule has 0 aliphatic rings. The number of rotatable bonds is 98. The van der Waals surface area contributed by atoms with E-state index >= 15 is 0 Å². The van der Waals surface area contributed by atoms with Gasteiger partial charge in [-0.05, 0) is 157 Å². The highest BCUT2D eigenvalue weighted by atomic mass is 16.6. The van der Waals surface area contributed by atoms with Gasteiger partial charge in [0.05, 0.1) is 115 Å². The van der Waals surface area contributed by atoms with Crippen LogP contribution >= 0.6 is 0 Å². The summed E-state index contributed by atoms with van der Waals surface area (Å²) in [4.78, 5) is 222. The summed E-state index contributed by atoms with van der Waals surface area (Å²) in [5.74, 6) is -10.6. The molecule has 3 rings (SSSR count). The molecule has 0 aliphatic heterocycles. The number of carboxylic acid groups (broad SMARTS) is 4. The summed E-state index contributed by atoms with van der Waals surface area (Å²) >= 11 is 0. The second kappa shape index (κ2) is 82.9. The summed E-state index contributed by atoms with van der Waals surface area (Å²) in [5, 5.41) is 66.6. The normalized spacial score (nSPS) is 12.7. The number of unbranched alkanes of at least 4 members (excludes halogenated alkanes) is 14. The van der Waals surface area contributed by atoms with E-state index in [1.54, 1.807) is 38.1 Å². The molecule has 0 bridgehead atoms. The number of aliphatic hydroxyl groups excluding tert-OH is 1. The Bertz CT molecular complexity index is 4270. The topological polar surface area (TPSA) is 606 Å². The van der Waals surface area contributed by atoms with E-state index in [4.69, 9.17) is 62.3 Å². The van der Waals surface area contributed by atoms with E-state index in [1.807, 2.05) is 20.8 Å². The number of amides is 6. The number of benzene rings is 2. The van der Waals surface area contributed by atoms with Crippen molar-refractivity contribution in [3.8, 4) is 11.5 Å². The second-order valence-corrected chi connectivity index (χ2v) is 36.9. The number of aliphatic hydroxyl groups is 1. The molecule has 3 aromatic rings. The zero-order chi connectivity index (χ0) is 108. The second-order valence-electron chi connectivity index (χ2n) is 36.9. The van der Waals surface area contributed by atoms with E-state index in [0.29, 0.717) is 88.2 Å². The molecule has 0 aliphatic carbocycles.